The van der Waals surface area contributed by atoms with Gasteiger partial charge in [0, 0.05) is 49.4 Å². The minimum absolute atomic E-state index is 0.0189. The Bertz CT molecular complexity index is 755. The number of hydrogen-bond donors (Lipinski definition) is 1. The fraction of sp³-hybridized carbons (Fsp3) is 0.429. The molecule has 2 amide bonds. The maximum Gasteiger partial charge on any atom is 0.225 e. The van der Waals surface area contributed by atoms with E-state index in [1.807, 2.05) is 30.5 Å². The number of anilines is 2. The maximum atomic E-state index is 12.2. The summed E-state index contributed by atoms with van der Waals surface area (Å²) >= 11 is 1.57. The first-order valence-corrected chi connectivity index (χ1v) is 10.3. The van der Waals surface area contributed by atoms with E-state index >= 15 is 0 Å². The average molecular weight is 388 g/mol. The third-order valence-corrected chi connectivity index (χ3v) is 5.43. The molecule has 27 heavy (non-hydrogen) atoms. The van der Waals surface area contributed by atoms with Gasteiger partial charge in [-0.05, 0) is 56.0 Å². The van der Waals surface area contributed by atoms with E-state index in [2.05, 4.69) is 36.2 Å². The van der Waals surface area contributed by atoms with Crippen molar-refractivity contribution in [3.05, 3.63) is 46.2 Å². The number of nitrogens with zero attached hydrogens (tertiary/aromatic N) is 2. The minimum Gasteiger partial charge on any atom is -0.372 e. The Labute approximate surface area is 166 Å². The summed E-state index contributed by atoms with van der Waals surface area (Å²) in [6.07, 6.45) is 0.384. The van der Waals surface area contributed by atoms with Crippen molar-refractivity contribution in [1.29, 1.82) is 0 Å². The Hall–Kier alpha value is -2.34. The van der Waals surface area contributed by atoms with Gasteiger partial charge >= 0.3 is 0 Å². The van der Waals surface area contributed by atoms with Gasteiger partial charge in [-0.15, -0.1) is 11.3 Å². The zero-order valence-corrected chi connectivity index (χ0v) is 17.4. The van der Waals surface area contributed by atoms with E-state index < -0.39 is 0 Å². The van der Waals surface area contributed by atoms with Crippen LogP contribution in [-0.2, 0) is 16.0 Å². The fourth-order valence-corrected chi connectivity index (χ4v) is 3.82. The molecule has 0 radical (unpaired) electrons. The van der Waals surface area contributed by atoms with Gasteiger partial charge in [-0.1, -0.05) is 6.07 Å². The van der Waals surface area contributed by atoms with Crippen LogP contribution in [0.5, 0.6) is 0 Å². The van der Waals surface area contributed by atoms with Crippen LogP contribution in [-0.4, -0.2) is 38.0 Å². The van der Waals surface area contributed by atoms with E-state index in [4.69, 9.17) is 0 Å². The predicted molar refractivity (Wildman–Crippen MR) is 114 cm³/mol. The van der Waals surface area contributed by atoms with Gasteiger partial charge in [-0.2, -0.15) is 0 Å². The Morgan fingerprint density at radius 2 is 1.89 bits per heavy atom. The molecule has 2 rings (SSSR count). The van der Waals surface area contributed by atoms with Gasteiger partial charge in [0.2, 0.25) is 11.8 Å². The van der Waals surface area contributed by atoms with Gasteiger partial charge in [0.25, 0.3) is 0 Å². The van der Waals surface area contributed by atoms with Gasteiger partial charge in [-0.3, -0.25) is 9.59 Å². The molecule has 146 valence electrons. The SMILES string of the molecule is CCN(CC)c1ccc(N(CCNC(=O)Cc2cccs2)C(C)=O)c(C)c1. The van der Waals surface area contributed by atoms with Crippen LogP contribution in [0.1, 0.15) is 31.2 Å². The molecular formula is C21H29N3O2S. The quantitative estimate of drug-likeness (QED) is 0.715. The van der Waals surface area contributed by atoms with E-state index in [0.717, 1.165) is 34.9 Å². The van der Waals surface area contributed by atoms with Crippen LogP contribution >= 0.6 is 11.3 Å². The standard InChI is InChI=1S/C21H29N3O2S/c1-5-23(6-2)18-9-10-20(16(3)14-18)24(17(4)25)12-11-22-21(26)15-19-8-7-13-27-19/h7-10,13-14H,5-6,11-12,15H2,1-4H3,(H,22,26). The molecule has 0 atom stereocenters. The summed E-state index contributed by atoms with van der Waals surface area (Å²) < 4.78 is 0. The number of aryl methyl sites for hydroxylation is 1. The molecule has 0 unspecified atom stereocenters. The first-order valence-electron chi connectivity index (χ1n) is 9.39. The van der Waals surface area contributed by atoms with Crippen molar-refractivity contribution in [2.75, 3.05) is 36.0 Å². The highest BCUT2D eigenvalue weighted by Gasteiger charge is 2.15. The summed E-state index contributed by atoms with van der Waals surface area (Å²) in [5, 5.41) is 4.87. The molecule has 0 saturated carbocycles. The van der Waals surface area contributed by atoms with Crippen molar-refractivity contribution < 1.29 is 9.59 Å². The van der Waals surface area contributed by atoms with Crippen LogP contribution in [0.4, 0.5) is 11.4 Å². The molecule has 1 N–H and O–H groups in total. The van der Waals surface area contributed by atoms with Crippen LogP contribution in [0.3, 0.4) is 0 Å². The molecule has 0 fully saturated rings. The molecule has 0 aliphatic rings. The Kier molecular flexibility index (Phi) is 7.85. The Morgan fingerprint density at radius 1 is 1.15 bits per heavy atom. The molecule has 2 aromatic rings. The largest absolute Gasteiger partial charge is 0.372 e. The summed E-state index contributed by atoms with van der Waals surface area (Å²) in [5.41, 5.74) is 3.11. The van der Waals surface area contributed by atoms with Gasteiger partial charge < -0.3 is 15.1 Å². The molecule has 6 heteroatoms. The van der Waals surface area contributed by atoms with Crippen LogP contribution in [0, 0.1) is 6.92 Å². The minimum atomic E-state index is -0.0267. The molecule has 1 heterocycles. The third-order valence-electron chi connectivity index (χ3n) is 4.55. The molecular weight excluding hydrogens is 358 g/mol. The molecule has 1 aromatic carbocycles. The normalized spacial score (nSPS) is 10.5. The second-order valence-corrected chi connectivity index (χ2v) is 7.45. The lowest BCUT2D eigenvalue weighted by Gasteiger charge is -2.26. The highest BCUT2D eigenvalue weighted by Crippen LogP contribution is 2.25. The molecule has 0 aliphatic heterocycles. The van der Waals surface area contributed by atoms with E-state index in [1.54, 1.807) is 23.2 Å². The zero-order chi connectivity index (χ0) is 19.8. The van der Waals surface area contributed by atoms with Crippen molar-refractivity contribution in [3.8, 4) is 0 Å². The highest BCUT2D eigenvalue weighted by molar-refractivity contribution is 7.10. The second kappa shape index (κ2) is 10.1. The molecule has 0 aliphatic carbocycles. The lowest BCUT2D eigenvalue weighted by Crippen LogP contribution is -2.38. The molecule has 5 nitrogen and oxygen atoms in total. The van der Waals surface area contributed by atoms with Crippen LogP contribution < -0.4 is 15.1 Å². The first-order chi connectivity index (χ1) is 13.0. The number of carbonyl (C=O) groups excluding carboxylic acids is 2. The zero-order valence-electron chi connectivity index (χ0n) is 16.6. The van der Waals surface area contributed by atoms with Crippen LogP contribution in [0.25, 0.3) is 0 Å². The van der Waals surface area contributed by atoms with E-state index in [-0.39, 0.29) is 11.8 Å². The lowest BCUT2D eigenvalue weighted by atomic mass is 10.1. The molecule has 0 saturated heterocycles. The Morgan fingerprint density at radius 3 is 2.44 bits per heavy atom. The fourth-order valence-electron chi connectivity index (χ4n) is 3.12. The van der Waals surface area contributed by atoms with Crippen molar-refractivity contribution in [3.63, 3.8) is 0 Å². The Balaban J connectivity index is 2.00. The first kappa shape index (κ1) is 21.0. The second-order valence-electron chi connectivity index (χ2n) is 6.42. The number of thiophene rings is 1. The van der Waals surface area contributed by atoms with Crippen molar-refractivity contribution >= 4 is 34.5 Å². The number of amides is 2. The van der Waals surface area contributed by atoms with Gasteiger partial charge in [-0.25, -0.2) is 0 Å². The number of carbonyl (C=O) groups is 2. The summed E-state index contributed by atoms with van der Waals surface area (Å²) in [4.78, 5) is 29.2. The topological polar surface area (TPSA) is 52.6 Å². The lowest BCUT2D eigenvalue weighted by molar-refractivity contribution is -0.120. The van der Waals surface area contributed by atoms with Crippen molar-refractivity contribution in [2.45, 2.75) is 34.1 Å². The number of benzene rings is 1. The van der Waals surface area contributed by atoms with Crippen molar-refractivity contribution in [2.24, 2.45) is 0 Å². The van der Waals surface area contributed by atoms with Crippen molar-refractivity contribution in [1.82, 2.24) is 5.32 Å². The number of hydrogen-bond acceptors (Lipinski definition) is 4. The highest BCUT2D eigenvalue weighted by atomic mass is 32.1. The summed E-state index contributed by atoms with van der Waals surface area (Å²) in [5.74, 6) is -0.0456. The van der Waals surface area contributed by atoms with Gasteiger partial charge in [0.1, 0.15) is 0 Å². The summed E-state index contributed by atoms with van der Waals surface area (Å²) in [6, 6.07) is 10.1. The number of rotatable bonds is 9. The van der Waals surface area contributed by atoms with Crippen LogP contribution in [0.15, 0.2) is 35.7 Å². The van der Waals surface area contributed by atoms with E-state index in [9.17, 15) is 9.59 Å². The van der Waals surface area contributed by atoms with E-state index in [0.29, 0.717) is 19.5 Å². The predicted octanol–water partition coefficient (Wildman–Crippen LogP) is 3.61. The van der Waals surface area contributed by atoms with E-state index in [1.165, 1.54) is 0 Å². The summed E-state index contributed by atoms with van der Waals surface area (Å²) in [6.45, 7) is 10.6. The maximum absolute atomic E-state index is 12.2. The van der Waals surface area contributed by atoms with Crippen LogP contribution in [0.2, 0.25) is 0 Å². The summed E-state index contributed by atoms with van der Waals surface area (Å²) in [7, 11) is 0. The third kappa shape index (κ3) is 5.82. The monoisotopic (exact) mass is 387 g/mol. The smallest absolute Gasteiger partial charge is 0.225 e. The number of nitrogens with one attached hydrogen (secondary N) is 1. The molecule has 0 spiro atoms. The molecule has 0 bridgehead atoms. The average Bonchev–Trinajstić information content (AvgIpc) is 3.13. The van der Waals surface area contributed by atoms with Gasteiger partial charge in [0.05, 0.1) is 6.42 Å². The molecule has 1 aromatic heterocycles. The van der Waals surface area contributed by atoms with Gasteiger partial charge in [0.15, 0.2) is 0 Å².